The van der Waals surface area contributed by atoms with Crippen molar-refractivity contribution < 1.29 is 4.74 Å². The van der Waals surface area contributed by atoms with E-state index in [1.54, 1.807) is 0 Å². The summed E-state index contributed by atoms with van der Waals surface area (Å²) in [6, 6.07) is 16.7. The second kappa shape index (κ2) is 8.47. The first-order valence-corrected chi connectivity index (χ1v) is 8.45. The Morgan fingerprint density at radius 2 is 1.83 bits per heavy atom. The molecule has 3 heteroatoms. The molecule has 0 radical (unpaired) electrons. The fourth-order valence-electron chi connectivity index (χ4n) is 2.70. The van der Waals surface area contributed by atoms with E-state index in [-0.39, 0.29) is 6.10 Å². The molecule has 0 heterocycles. The van der Waals surface area contributed by atoms with Gasteiger partial charge in [0.25, 0.3) is 0 Å². The second-order valence-corrected chi connectivity index (χ2v) is 6.06. The summed E-state index contributed by atoms with van der Waals surface area (Å²) in [6.45, 7) is 8.29. The van der Waals surface area contributed by atoms with Crippen molar-refractivity contribution in [1.29, 1.82) is 0 Å². The standard InChI is InChI=1S/C20H28N2O/c1-4-22(18-10-6-5-7-11-18)14-8-9-17-12-13-20(19(21)15-17)23-16(2)3/h5-7,10-13,15-16H,4,8-9,14,21H2,1-3H3. The highest BCUT2D eigenvalue weighted by Gasteiger charge is 2.06. The van der Waals surface area contributed by atoms with Gasteiger partial charge in [-0.05, 0) is 63.4 Å². The van der Waals surface area contributed by atoms with Gasteiger partial charge in [0.15, 0.2) is 0 Å². The number of aryl methyl sites for hydroxylation is 1. The van der Waals surface area contributed by atoms with E-state index in [1.165, 1.54) is 11.3 Å². The highest BCUT2D eigenvalue weighted by Crippen LogP contribution is 2.24. The first-order chi connectivity index (χ1) is 11.1. The number of nitrogens with zero attached hydrogens (tertiary/aromatic N) is 1. The summed E-state index contributed by atoms with van der Waals surface area (Å²) in [6.07, 6.45) is 2.27. The molecule has 2 rings (SSSR count). The molecule has 2 aromatic carbocycles. The summed E-state index contributed by atoms with van der Waals surface area (Å²) in [4.78, 5) is 2.40. The molecule has 0 saturated heterocycles. The Balaban J connectivity index is 1.89. The lowest BCUT2D eigenvalue weighted by Crippen LogP contribution is -2.24. The number of nitrogen functional groups attached to an aromatic ring is 1. The van der Waals surface area contributed by atoms with Crippen LogP contribution in [0.25, 0.3) is 0 Å². The van der Waals surface area contributed by atoms with Crippen LogP contribution in [0.15, 0.2) is 48.5 Å². The van der Waals surface area contributed by atoms with Gasteiger partial charge >= 0.3 is 0 Å². The Bertz CT molecular complexity index is 596. The number of ether oxygens (including phenoxy) is 1. The van der Waals surface area contributed by atoms with Crippen LogP contribution in [0.5, 0.6) is 5.75 Å². The molecule has 0 aliphatic heterocycles. The molecule has 3 nitrogen and oxygen atoms in total. The van der Waals surface area contributed by atoms with Gasteiger partial charge < -0.3 is 15.4 Å². The zero-order valence-electron chi connectivity index (χ0n) is 14.5. The molecule has 0 fully saturated rings. The molecule has 0 aliphatic carbocycles. The molecular weight excluding hydrogens is 284 g/mol. The third-order valence-corrected chi connectivity index (χ3v) is 3.83. The second-order valence-electron chi connectivity index (χ2n) is 6.06. The van der Waals surface area contributed by atoms with Gasteiger partial charge in [0, 0.05) is 18.8 Å². The van der Waals surface area contributed by atoms with E-state index in [4.69, 9.17) is 10.5 Å². The minimum atomic E-state index is 0.145. The van der Waals surface area contributed by atoms with Gasteiger partial charge in [-0.3, -0.25) is 0 Å². The van der Waals surface area contributed by atoms with Crippen molar-refractivity contribution in [2.45, 2.75) is 39.7 Å². The number of nitrogens with two attached hydrogens (primary N) is 1. The minimum absolute atomic E-state index is 0.145. The van der Waals surface area contributed by atoms with Crippen LogP contribution in [0.3, 0.4) is 0 Å². The summed E-state index contributed by atoms with van der Waals surface area (Å²) < 4.78 is 5.68. The van der Waals surface area contributed by atoms with Crippen molar-refractivity contribution in [3.63, 3.8) is 0 Å². The fraction of sp³-hybridized carbons (Fsp3) is 0.400. The van der Waals surface area contributed by atoms with Crippen molar-refractivity contribution >= 4 is 11.4 Å². The molecule has 0 aromatic heterocycles. The van der Waals surface area contributed by atoms with E-state index in [0.29, 0.717) is 0 Å². The minimum Gasteiger partial charge on any atom is -0.489 e. The number of benzene rings is 2. The smallest absolute Gasteiger partial charge is 0.142 e. The van der Waals surface area contributed by atoms with Crippen LogP contribution in [-0.2, 0) is 6.42 Å². The molecule has 2 N–H and O–H groups in total. The highest BCUT2D eigenvalue weighted by molar-refractivity contribution is 5.54. The summed E-state index contributed by atoms with van der Waals surface area (Å²) in [7, 11) is 0. The Morgan fingerprint density at radius 3 is 2.43 bits per heavy atom. The van der Waals surface area contributed by atoms with E-state index in [9.17, 15) is 0 Å². The topological polar surface area (TPSA) is 38.5 Å². The van der Waals surface area contributed by atoms with Gasteiger partial charge in [0.2, 0.25) is 0 Å². The number of rotatable bonds is 8. The van der Waals surface area contributed by atoms with Gasteiger partial charge in [0.1, 0.15) is 5.75 Å². The predicted octanol–water partition coefficient (Wildman–Crippen LogP) is 4.52. The largest absolute Gasteiger partial charge is 0.489 e. The normalized spacial score (nSPS) is 10.8. The fourth-order valence-corrected chi connectivity index (χ4v) is 2.70. The Labute approximate surface area is 140 Å². The molecule has 0 amide bonds. The van der Waals surface area contributed by atoms with Crippen LogP contribution in [0.4, 0.5) is 11.4 Å². The van der Waals surface area contributed by atoms with Gasteiger partial charge in [0.05, 0.1) is 11.8 Å². The number of para-hydroxylation sites is 1. The van der Waals surface area contributed by atoms with E-state index in [2.05, 4.69) is 48.2 Å². The van der Waals surface area contributed by atoms with E-state index in [0.717, 1.165) is 37.4 Å². The Morgan fingerprint density at radius 1 is 1.09 bits per heavy atom. The van der Waals surface area contributed by atoms with Gasteiger partial charge in [-0.2, -0.15) is 0 Å². The quantitative estimate of drug-likeness (QED) is 0.729. The molecule has 2 aromatic rings. The molecule has 0 bridgehead atoms. The number of anilines is 2. The number of hydrogen-bond donors (Lipinski definition) is 1. The summed E-state index contributed by atoms with van der Waals surface area (Å²) in [5.41, 5.74) is 9.36. The van der Waals surface area contributed by atoms with Crippen molar-refractivity contribution in [1.82, 2.24) is 0 Å². The average molecular weight is 312 g/mol. The molecular formula is C20H28N2O. The van der Waals surface area contributed by atoms with Crippen LogP contribution in [0.1, 0.15) is 32.8 Å². The molecule has 23 heavy (non-hydrogen) atoms. The third kappa shape index (κ3) is 5.20. The lowest BCUT2D eigenvalue weighted by atomic mass is 10.1. The summed E-state index contributed by atoms with van der Waals surface area (Å²) in [5, 5.41) is 0. The van der Waals surface area contributed by atoms with Crippen LogP contribution in [-0.4, -0.2) is 19.2 Å². The van der Waals surface area contributed by atoms with E-state index < -0.39 is 0 Å². The predicted molar refractivity (Wildman–Crippen MR) is 99.3 cm³/mol. The number of hydrogen-bond acceptors (Lipinski definition) is 3. The lowest BCUT2D eigenvalue weighted by molar-refractivity contribution is 0.244. The first kappa shape index (κ1) is 17.2. The van der Waals surface area contributed by atoms with Crippen LogP contribution >= 0.6 is 0 Å². The summed E-state index contributed by atoms with van der Waals surface area (Å²) >= 11 is 0. The van der Waals surface area contributed by atoms with Crippen molar-refractivity contribution in [3.8, 4) is 5.75 Å². The Hall–Kier alpha value is -2.16. The van der Waals surface area contributed by atoms with Gasteiger partial charge in [-0.25, -0.2) is 0 Å². The molecule has 0 atom stereocenters. The van der Waals surface area contributed by atoms with Crippen molar-refractivity contribution in [3.05, 3.63) is 54.1 Å². The monoisotopic (exact) mass is 312 g/mol. The van der Waals surface area contributed by atoms with Gasteiger partial charge in [-0.15, -0.1) is 0 Å². The van der Waals surface area contributed by atoms with Gasteiger partial charge in [-0.1, -0.05) is 24.3 Å². The SMILES string of the molecule is CCN(CCCc1ccc(OC(C)C)c(N)c1)c1ccccc1. The van der Waals surface area contributed by atoms with E-state index in [1.807, 2.05) is 26.0 Å². The highest BCUT2D eigenvalue weighted by atomic mass is 16.5. The van der Waals surface area contributed by atoms with Crippen molar-refractivity contribution in [2.24, 2.45) is 0 Å². The van der Waals surface area contributed by atoms with Crippen LogP contribution in [0, 0.1) is 0 Å². The molecule has 0 saturated carbocycles. The third-order valence-electron chi connectivity index (χ3n) is 3.83. The first-order valence-electron chi connectivity index (χ1n) is 8.45. The molecule has 0 unspecified atom stereocenters. The van der Waals surface area contributed by atoms with Crippen LogP contribution in [0.2, 0.25) is 0 Å². The maximum atomic E-state index is 6.08. The zero-order valence-corrected chi connectivity index (χ0v) is 14.5. The van der Waals surface area contributed by atoms with Crippen LogP contribution < -0.4 is 15.4 Å². The maximum absolute atomic E-state index is 6.08. The lowest BCUT2D eigenvalue weighted by Gasteiger charge is -2.23. The molecule has 0 aliphatic rings. The maximum Gasteiger partial charge on any atom is 0.142 e. The molecule has 0 spiro atoms. The summed E-state index contributed by atoms with van der Waals surface area (Å²) in [5.74, 6) is 0.781. The Kier molecular flexibility index (Phi) is 6.33. The zero-order chi connectivity index (χ0) is 16.7. The van der Waals surface area contributed by atoms with E-state index >= 15 is 0 Å². The molecule has 124 valence electrons. The average Bonchev–Trinajstić information content (AvgIpc) is 2.54. The van der Waals surface area contributed by atoms with Crippen molar-refractivity contribution in [2.75, 3.05) is 23.7 Å².